The molecule has 2 saturated heterocycles. The number of nitrogens with one attached hydrogen (secondary N) is 1. The van der Waals surface area contributed by atoms with Crippen molar-refractivity contribution in [1.82, 2.24) is 15.2 Å². The molecule has 2 aliphatic rings. The predicted molar refractivity (Wildman–Crippen MR) is 69.2 cm³/mol. The van der Waals surface area contributed by atoms with E-state index < -0.39 is 0 Å². The average Bonchev–Trinajstić information content (AvgIpc) is 2.71. The van der Waals surface area contributed by atoms with Crippen LogP contribution in [-0.4, -0.2) is 40.3 Å². The van der Waals surface area contributed by atoms with Gasteiger partial charge in [-0.15, -0.1) is 0 Å². The van der Waals surface area contributed by atoms with E-state index in [2.05, 4.69) is 10.3 Å². The largest absolute Gasteiger partial charge is 0.354 e. The van der Waals surface area contributed by atoms with E-state index in [1.807, 2.05) is 23.1 Å². The molecule has 5 heteroatoms. The zero-order chi connectivity index (χ0) is 13.2. The Kier molecular flexibility index (Phi) is 3.19. The molecule has 1 N–H and O–H groups in total. The molecule has 3 heterocycles. The first-order chi connectivity index (χ1) is 9.24. The minimum absolute atomic E-state index is 0.0582. The molecule has 0 radical (unpaired) electrons. The van der Waals surface area contributed by atoms with Crippen LogP contribution in [-0.2, 0) is 16.0 Å². The van der Waals surface area contributed by atoms with E-state index in [0.29, 0.717) is 19.4 Å². The van der Waals surface area contributed by atoms with Crippen LogP contribution in [0.2, 0.25) is 0 Å². The highest BCUT2D eigenvalue weighted by Crippen LogP contribution is 2.28. The average molecular weight is 259 g/mol. The first-order valence-electron chi connectivity index (χ1n) is 6.72. The summed E-state index contributed by atoms with van der Waals surface area (Å²) in [5.41, 5.74) is 0.787. The summed E-state index contributed by atoms with van der Waals surface area (Å²) < 4.78 is 0. The van der Waals surface area contributed by atoms with Crippen LogP contribution in [0.25, 0.3) is 0 Å². The van der Waals surface area contributed by atoms with Crippen LogP contribution in [0.15, 0.2) is 24.4 Å². The van der Waals surface area contributed by atoms with E-state index in [0.717, 1.165) is 18.5 Å². The molecule has 0 aliphatic carbocycles. The number of carbonyl (C=O) groups is 2. The quantitative estimate of drug-likeness (QED) is 0.841. The van der Waals surface area contributed by atoms with Crippen molar-refractivity contribution in [3.8, 4) is 0 Å². The highest BCUT2D eigenvalue weighted by molar-refractivity contribution is 5.82. The molecular weight excluding hydrogens is 242 g/mol. The third-order valence-corrected chi connectivity index (χ3v) is 3.92. The first-order valence-corrected chi connectivity index (χ1v) is 6.72. The van der Waals surface area contributed by atoms with Crippen LogP contribution in [0, 0.1) is 0 Å². The van der Waals surface area contributed by atoms with Crippen LogP contribution in [0.5, 0.6) is 0 Å². The summed E-state index contributed by atoms with van der Waals surface area (Å²) in [4.78, 5) is 30.1. The minimum atomic E-state index is 0.0582. The molecule has 5 nitrogen and oxygen atoms in total. The van der Waals surface area contributed by atoms with Gasteiger partial charge in [0.2, 0.25) is 11.8 Å². The van der Waals surface area contributed by atoms with Gasteiger partial charge in [0.25, 0.3) is 0 Å². The van der Waals surface area contributed by atoms with Crippen molar-refractivity contribution in [3.05, 3.63) is 30.1 Å². The number of hydrogen-bond donors (Lipinski definition) is 1. The van der Waals surface area contributed by atoms with Gasteiger partial charge in [-0.2, -0.15) is 0 Å². The summed E-state index contributed by atoms with van der Waals surface area (Å²) in [5.74, 6) is 0.144. The number of nitrogens with zero attached hydrogens (tertiary/aromatic N) is 2. The van der Waals surface area contributed by atoms with Crippen LogP contribution < -0.4 is 5.32 Å². The second kappa shape index (κ2) is 4.99. The Morgan fingerprint density at radius 2 is 2.21 bits per heavy atom. The van der Waals surface area contributed by atoms with Gasteiger partial charge < -0.3 is 10.2 Å². The Morgan fingerprint density at radius 1 is 1.37 bits per heavy atom. The van der Waals surface area contributed by atoms with Gasteiger partial charge in [-0.25, -0.2) is 0 Å². The highest BCUT2D eigenvalue weighted by atomic mass is 16.2. The Hall–Kier alpha value is -1.91. The molecular formula is C14H17N3O2. The van der Waals surface area contributed by atoms with E-state index in [4.69, 9.17) is 0 Å². The zero-order valence-corrected chi connectivity index (χ0v) is 10.7. The van der Waals surface area contributed by atoms with E-state index in [1.165, 1.54) is 0 Å². The van der Waals surface area contributed by atoms with Crippen LogP contribution in [0.3, 0.4) is 0 Å². The Balaban J connectivity index is 1.74. The fourth-order valence-corrected chi connectivity index (χ4v) is 3.04. The number of pyridine rings is 1. The van der Waals surface area contributed by atoms with E-state index in [1.54, 1.807) is 6.20 Å². The van der Waals surface area contributed by atoms with Crippen molar-refractivity contribution >= 4 is 11.8 Å². The topological polar surface area (TPSA) is 62.3 Å². The van der Waals surface area contributed by atoms with Crippen molar-refractivity contribution in [2.24, 2.45) is 0 Å². The fraction of sp³-hybridized carbons (Fsp3) is 0.500. The number of hydrogen-bond acceptors (Lipinski definition) is 3. The number of rotatable bonds is 2. The first kappa shape index (κ1) is 12.1. The smallest absolute Gasteiger partial charge is 0.229 e. The third-order valence-electron chi connectivity index (χ3n) is 3.92. The maximum Gasteiger partial charge on any atom is 0.229 e. The molecule has 2 atom stereocenters. The summed E-state index contributed by atoms with van der Waals surface area (Å²) in [7, 11) is 0. The monoisotopic (exact) mass is 259 g/mol. The van der Waals surface area contributed by atoms with E-state index >= 15 is 0 Å². The van der Waals surface area contributed by atoms with Gasteiger partial charge >= 0.3 is 0 Å². The lowest BCUT2D eigenvalue weighted by atomic mass is 10.1. The lowest BCUT2D eigenvalue weighted by molar-refractivity contribution is -0.133. The van der Waals surface area contributed by atoms with Crippen molar-refractivity contribution in [1.29, 1.82) is 0 Å². The lowest BCUT2D eigenvalue weighted by Crippen LogP contribution is -2.43. The van der Waals surface area contributed by atoms with Crippen LogP contribution in [0.1, 0.15) is 25.0 Å². The maximum absolute atomic E-state index is 12.4. The van der Waals surface area contributed by atoms with Crippen LogP contribution >= 0.6 is 0 Å². The Bertz CT molecular complexity index is 489. The number of carbonyl (C=O) groups excluding carboxylic acids is 2. The van der Waals surface area contributed by atoms with Gasteiger partial charge in [0.15, 0.2) is 0 Å². The SMILES string of the molecule is O=C1C[C@@H]2CC[C@H](CN1)N2C(=O)Cc1ccccn1. The fourth-order valence-electron chi connectivity index (χ4n) is 3.04. The molecule has 0 saturated carbocycles. The third kappa shape index (κ3) is 2.45. The molecule has 0 aromatic carbocycles. The number of amides is 2. The molecule has 2 fully saturated rings. The second-order valence-corrected chi connectivity index (χ2v) is 5.19. The number of aromatic nitrogens is 1. The van der Waals surface area contributed by atoms with Gasteiger partial charge in [0.1, 0.15) is 0 Å². The van der Waals surface area contributed by atoms with Gasteiger partial charge in [-0.3, -0.25) is 14.6 Å². The molecule has 1 aromatic heterocycles. The normalized spacial score (nSPS) is 25.9. The summed E-state index contributed by atoms with van der Waals surface area (Å²) in [6, 6.07) is 5.82. The summed E-state index contributed by atoms with van der Waals surface area (Å²) in [6.45, 7) is 0.587. The molecule has 1 aromatic rings. The molecule has 19 heavy (non-hydrogen) atoms. The molecule has 3 rings (SSSR count). The Morgan fingerprint density at radius 3 is 3.00 bits per heavy atom. The molecule has 0 spiro atoms. The van der Waals surface area contributed by atoms with Crippen molar-refractivity contribution in [2.75, 3.05) is 6.54 Å². The molecule has 2 aliphatic heterocycles. The lowest BCUT2D eigenvalue weighted by Gasteiger charge is -2.27. The molecule has 2 bridgehead atoms. The van der Waals surface area contributed by atoms with E-state index in [9.17, 15) is 9.59 Å². The standard InChI is InChI=1S/C14H17N3O2/c18-13-8-11-4-5-12(9-16-13)17(11)14(19)7-10-3-1-2-6-15-10/h1-3,6,11-12H,4-5,7-9H2,(H,16,18)/t11-,12+/m0/s1. The summed E-state index contributed by atoms with van der Waals surface area (Å²) in [6.07, 6.45) is 4.38. The van der Waals surface area contributed by atoms with Gasteiger partial charge in [0.05, 0.1) is 6.42 Å². The van der Waals surface area contributed by atoms with Gasteiger partial charge in [-0.05, 0) is 25.0 Å². The Labute approximate surface area is 112 Å². The number of fused-ring (bicyclic) bond motifs is 2. The second-order valence-electron chi connectivity index (χ2n) is 5.19. The van der Waals surface area contributed by atoms with Crippen LogP contribution in [0.4, 0.5) is 0 Å². The zero-order valence-electron chi connectivity index (χ0n) is 10.7. The van der Waals surface area contributed by atoms with Crippen molar-refractivity contribution in [3.63, 3.8) is 0 Å². The van der Waals surface area contributed by atoms with Gasteiger partial charge in [0, 0.05) is 36.9 Å². The van der Waals surface area contributed by atoms with Gasteiger partial charge in [-0.1, -0.05) is 6.07 Å². The summed E-state index contributed by atoms with van der Waals surface area (Å²) in [5, 5.41) is 2.88. The molecule has 100 valence electrons. The van der Waals surface area contributed by atoms with E-state index in [-0.39, 0.29) is 23.9 Å². The van der Waals surface area contributed by atoms with Crippen molar-refractivity contribution in [2.45, 2.75) is 37.8 Å². The summed E-state index contributed by atoms with van der Waals surface area (Å²) >= 11 is 0. The predicted octanol–water partition coefficient (Wildman–Crippen LogP) is 0.504. The maximum atomic E-state index is 12.4. The van der Waals surface area contributed by atoms with Crippen molar-refractivity contribution < 1.29 is 9.59 Å². The highest BCUT2D eigenvalue weighted by Gasteiger charge is 2.39. The molecule has 2 amide bonds. The molecule has 0 unspecified atom stereocenters. The minimum Gasteiger partial charge on any atom is -0.354 e.